The number of amides is 2. The van der Waals surface area contributed by atoms with Gasteiger partial charge in [0.05, 0.1) is 5.69 Å². The first kappa shape index (κ1) is 16.5. The maximum absolute atomic E-state index is 13.1. The van der Waals surface area contributed by atoms with E-state index >= 15 is 0 Å². The van der Waals surface area contributed by atoms with Crippen LogP contribution in [-0.4, -0.2) is 24.1 Å². The van der Waals surface area contributed by atoms with Crippen LogP contribution in [0, 0.1) is 5.82 Å². The Balaban J connectivity index is 1.62. The highest BCUT2D eigenvalue weighted by Crippen LogP contribution is 2.31. The molecule has 2 aromatic carbocycles. The van der Waals surface area contributed by atoms with Gasteiger partial charge < -0.3 is 10.6 Å². The van der Waals surface area contributed by atoms with E-state index in [1.807, 2.05) is 12.1 Å². The second-order valence-corrected chi connectivity index (χ2v) is 6.63. The minimum Gasteiger partial charge on any atom is -0.352 e. The Bertz CT molecular complexity index is 779. The summed E-state index contributed by atoms with van der Waals surface area (Å²) >= 11 is 1.60. The molecule has 0 saturated carbocycles. The lowest BCUT2D eigenvalue weighted by Gasteiger charge is -2.10. The number of rotatable bonds is 4. The van der Waals surface area contributed by atoms with Gasteiger partial charge in [-0.3, -0.25) is 9.59 Å². The highest BCUT2D eigenvalue weighted by molar-refractivity contribution is 7.99. The predicted octanol–water partition coefficient (Wildman–Crippen LogP) is 3.23. The van der Waals surface area contributed by atoms with Gasteiger partial charge in [0.1, 0.15) is 5.82 Å². The summed E-state index contributed by atoms with van der Waals surface area (Å²) in [5.74, 6) is 0.207. The summed E-state index contributed by atoms with van der Waals surface area (Å²) in [6, 6.07) is 11.6. The Morgan fingerprint density at radius 2 is 2.12 bits per heavy atom. The summed E-state index contributed by atoms with van der Waals surface area (Å²) in [6.45, 7) is 0.417. The summed E-state index contributed by atoms with van der Waals surface area (Å²) in [4.78, 5) is 24.8. The zero-order chi connectivity index (χ0) is 16.9. The number of nitrogens with one attached hydrogen (secondary N) is 2. The van der Waals surface area contributed by atoms with Crippen molar-refractivity contribution in [3.05, 3.63) is 59.4 Å². The van der Waals surface area contributed by atoms with Gasteiger partial charge in [0.15, 0.2) is 0 Å². The smallest absolute Gasteiger partial charge is 0.251 e. The maximum Gasteiger partial charge on any atom is 0.251 e. The lowest BCUT2D eigenvalue weighted by molar-refractivity contribution is -0.115. The van der Waals surface area contributed by atoms with Crippen LogP contribution in [0.3, 0.4) is 0 Å². The van der Waals surface area contributed by atoms with E-state index in [4.69, 9.17) is 0 Å². The van der Waals surface area contributed by atoms with Gasteiger partial charge in [-0.05, 0) is 42.3 Å². The molecule has 4 nitrogen and oxygen atoms in total. The molecule has 2 aromatic rings. The lowest BCUT2D eigenvalue weighted by atomic mass is 10.1. The predicted molar refractivity (Wildman–Crippen MR) is 92.8 cm³/mol. The van der Waals surface area contributed by atoms with Crippen molar-refractivity contribution in [2.24, 2.45) is 0 Å². The second kappa shape index (κ2) is 7.49. The van der Waals surface area contributed by atoms with Gasteiger partial charge in [-0.25, -0.2) is 4.39 Å². The van der Waals surface area contributed by atoms with Crippen LogP contribution in [0.1, 0.15) is 22.3 Å². The lowest BCUT2D eigenvalue weighted by Crippen LogP contribution is -2.25. The molecule has 1 heterocycles. The monoisotopic (exact) mass is 344 g/mol. The molecule has 0 unspecified atom stereocenters. The summed E-state index contributed by atoms with van der Waals surface area (Å²) in [6.07, 6.45) is 1.02. The van der Waals surface area contributed by atoms with E-state index < -0.39 is 0 Å². The second-order valence-electron chi connectivity index (χ2n) is 5.49. The summed E-state index contributed by atoms with van der Waals surface area (Å²) in [7, 11) is 0. The molecular weight excluding hydrogens is 327 g/mol. The third kappa shape index (κ3) is 4.14. The third-order valence-electron chi connectivity index (χ3n) is 3.69. The topological polar surface area (TPSA) is 58.2 Å². The zero-order valence-electron chi connectivity index (χ0n) is 13.0. The number of fused-ring (bicyclic) bond motifs is 1. The number of hydrogen-bond donors (Lipinski definition) is 2. The zero-order valence-corrected chi connectivity index (χ0v) is 13.8. The van der Waals surface area contributed by atoms with Gasteiger partial charge in [0.25, 0.3) is 5.91 Å². The Morgan fingerprint density at radius 3 is 2.96 bits per heavy atom. The fourth-order valence-electron chi connectivity index (χ4n) is 2.48. The number of carbonyl (C=O) groups excluding carboxylic acids is 2. The maximum atomic E-state index is 13.1. The van der Waals surface area contributed by atoms with Crippen molar-refractivity contribution in [2.45, 2.75) is 17.7 Å². The van der Waals surface area contributed by atoms with Gasteiger partial charge in [-0.1, -0.05) is 12.1 Å². The van der Waals surface area contributed by atoms with Crippen LogP contribution < -0.4 is 10.6 Å². The summed E-state index contributed by atoms with van der Waals surface area (Å²) in [5, 5.41) is 5.64. The number of thioether (sulfide) groups is 1. The number of benzene rings is 2. The Morgan fingerprint density at radius 1 is 1.25 bits per heavy atom. The third-order valence-corrected chi connectivity index (χ3v) is 4.77. The van der Waals surface area contributed by atoms with Crippen LogP contribution in [0.2, 0.25) is 0 Å². The van der Waals surface area contributed by atoms with Crippen LogP contribution in [0.4, 0.5) is 10.1 Å². The fraction of sp³-hybridized carbons (Fsp3) is 0.222. The highest BCUT2D eigenvalue weighted by atomic mass is 32.2. The molecule has 0 aliphatic carbocycles. The molecule has 1 aliphatic heterocycles. The average Bonchev–Trinajstić information content (AvgIpc) is 2.74. The van der Waals surface area contributed by atoms with Crippen molar-refractivity contribution in [3.8, 4) is 0 Å². The van der Waals surface area contributed by atoms with Crippen LogP contribution in [0.15, 0.2) is 47.4 Å². The minimum absolute atomic E-state index is 0.0371. The largest absolute Gasteiger partial charge is 0.352 e. The van der Waals surface area contributed by atoms with Crippen LogP contribution >= 0.6 is 11.8 Å². The molecule has 3 rings (SSSR count). The van der Waals surface area contributed by atoms with Crippen molar-refractivity contribution in [1.82, 2.24) is 5.32 Å². The van der Waals surface area contributed by atoms with E-state index in [1.165, 1.54) is 12.1 Å². The number of anilines is 1. The van der Waals surface area contributed by atoms with Crippen molar-refractivity contribution in [1.29, 1.82) is 0 Å². The van der Waals surface area contributed by atoms with Gasteiger partial charge in [0.2, 0.25) is 5.91 Å². The van der Waals surface area contributed by atoms with Gasteiger partial charge in [-0.2, -0.15) is 0 Å². The average molecular weight is 344 g/mol. The molecular formula is C18H17FN2O2S. The normalized spacial score (nSPS) is 13.6. The van der Waals surface area contributed by atoms with Crippen molar-refractivity contribution in [2.75, 3.05) is 17.6 Å². The van der Waals surface area contributed by atoms with E-state index in [1.54, 1.807) is 30.0 Å². The number of hydrogen-bond acceptors (Lipinski definition) is 3. The molecule has 0 fully saturated rings. The Kier molecular flexibility index (Phi) is 5.15. The molecule has 2 amide bonds. The number of carbonyl (C=O) groups is 2. The fourth-order valence-corrected chi connectivity index (χ4v) is 3.41. The van der Waals surface area contributed by atoms with Crippen molar-refractivity contribution >= 4 is 29.3 Å². The first-order valence-electron chi connectivity index (χ1n) is 7.71. The van der Waals surface area contributed by atoms with Crippen LogP contribution in [0.5, 0.6) is 0 Å². The molecule has 0 spiro atoms. The SMILES string of the molecule is O=C1CCSc2ccc(C(=O)NCCc3cccc(F)c3)cc2N1. The minimum atomic E-state index is -0.280. The molecule has 2 N–H and O–H groups in total. The standard InChI is InChI=1S/C18H17FN2O2S/c19-14-3-1-2-12(10-14)6-8-20-18(23)13-4-5-16-15(11-13)21-17(22)7-9-24-16/h1-5,10-11H,6-9H2,(H,20,23)(H,21,22). The molecule has 24 heavy (non-hydrogen) atoms. The van der Waals surface area contributed by atoms with E-state index in [-0.39, 0.29) is 17.6 Å². The van der Waals surface area contributed by atoms with Crippen LogP contribution in [-0.2, 0) is 11.2 Å². The molecule has 0 bridgehead atoms. The molecule has 124 valence electrons. The van der Waals surface area contributed by atoms with Gasteiger partial charge in [-0.15, -0.1) is 11.8 Å². The van der Waals surface area contributed by atoms with Gasteiger partial charge >= 0.3 is 0 Å². The molecule has 0 atom stereocenters. The van der Waals surface area contributed by atoms with Crippen molar-refractivity contribution in [3.63, 3.8) is 0 Å². The Labute approximate surface area is 143 Å². The molecule has 0 aromatic heterocycles. The molecule has 1 aliphatic rings. The number of halogens is 1. The summed E-state index contributed by atoms with van der Waals surface area (Å²) < 4.78 is 13.1. The first-order valence-corrected chi connectivity index (χ1v) is 8.70. The van der Waals surface area contributed by atoms with Crippen LogP contribution in [0.25, 0.3) is 0 Å². The van der Waals surface area contributed by atoms with E-state index in [0.717, 1.165) is 16.2 Å². The summed E-state index contributed by atoms with van der Waals surface area (Å²) in [5.41, 5.74) is 2.01. The van der Waals surface area contributed by atoms with E-state index in [2.05, 4.69) is 10.6 Å². The highest BCUT2D eigenvalue weighted by Gasteiger charge is 2.15. The first-order chi connectivity index (χ1) is 11.6. The van der Waals surface area contributed by atoms with E-state index in [9.17, 15) is 14.0 Å². The van der Waals surface area contributed by atoms with Gasteiger partial charge in [0, 0.05) is 29.2 Å². The quantitative estimate of drug-likeness (QED) is 0.895. The Hall–Kier alpha value is -2.34. The molecule has 6 heteroatoms. The van der Waals surface area contributed by atoms with E-state index in [0.29, 0.717) is 30.6 Å². The van der Waals surface area contributed by atoms with Crippen molar-refractivity contribution < 1.29 is 14.0 Å². The molecule has 0 saturated heterocycles. The molecule has 0 radical (unpaired) electrons.